The molecule has 43 heavy (non-hydrogen) atoms. The van der Waals surface area contributed by atoms with E-state index in [9.17, 15) is 9.59 Å². The van der Waals surface area contributed by atoms with Gasteiger partial charge in [-0.1, -0.05) is 92.1 Å². The molecule has 4 nitrogen and oxygen atoms in total. The number of hydrogen-bond acceptors (Lipinski definition) is 4. The van der Waals surface area contributed by atoms with Crippen LogP contribution in [0.2, 0.25) is 0 Å². The molecule has 2 unspecified atom stereocenters. The van der Waals surface area contributed by atoms with Gasteiger partial charge >= 0.3 is 0 Å². The summed E-state index contributed by atoms with van der Waals surface area (Å²) in [5.74, 6) is 2.61. The first-order valence-electron chi connectivity index (χ1n) is 16.9. The summed E-state index contributed by atoms with van der Waals surface area (Å²) in [6.45, 7) is 1.91. The van der Waals surface area contributed by atoms with Crippen LogP contribution >= 0.6 is 0 Å². The zero-order valence-electron chi connectivity index (χ0n) is 25.4. The highest BCUT2D eigenvalue weighted by Gasteiger charge is 2.52. The second-order valence-electron chi connectivity index (χ2n) is 13.6. The third kappa shape index (κ3) is 6.42. The lowest BCUT2D eigenvalue weighted by Gasteiger charge is -2.22. The minimum absolute atomic E-state index is 0.0288. The van der Waals surface area contributed by atoms with E-state index in [-0.39, 0.29) is 12.1 Å². The van der Waals surface area contributed by atoms with Gasteiger partial charge < -0.3 is 10.6 Å². The molecule has 4 aliphatic rings. The lowest BCUT2D eigenvalue weighted by atomic mass is 9.83. The van der Waals surface area contributed by atoms with Gasteiger partial charge in [-0.25, -0.2) is 0 Å². The summed E-state index contributed by atoms with van der Waals surface area (Å²) in [5, 5.41) is 6.69. The Balaban J connectivity index is 1.09. The van der Waals surface area contributed by atoms with E-state index in [0.717, 1.165) is 55.8 Å². The summed E-state index contributed by atoms with van der Waals surface area (Å²) in [7, 11) is 0. The molecule has 2 aliphatic carbocycles. The van der Waals surface area contributed by atoms with Crippen LogP contribution in [-0.2, 0) is 22.4 Å². The zero-order valence-corrected chi connectivity index (χ0v) is 25.4. The molecule has 4 heteroatoms. The Labute approximate surface area is 257 Å². The van der Waals surface area contributed by atoms with Gasteiger partial charge in [-0.15, -0.1) is 0 Å². The molecule has 0 spiro atoms. The number of ketones is 2. The monoisotopic (exact) mass is 574 g/mol. The fourth-order valence-electron chi connectivity index (χ4n) is 8.26. The van der Waals surface area contributed by atoms with Crippen molar-refractivity contribution in [2.24, 2.45) is 0 Å². The third-order valence-electron chi connectivity index (χ3n) is 10.8. The first-order valence-corrected chi connectivity index (χ1v) is 16.9. The summed E-state index contributed by atoms with van der Waals surface area (Å²) in [5.41, 5.74) is 7.86. The molecule has 2 saturated heterocycles. The maximum atomic E-state index is 12.7. The fourth-order valence-corrected chi connectivity index (χ4v) is 8.26. The van der Waals surface area contributed by atoms with Crippen LogP contribution in [0.4, 0.5) is 0 Å². The SMILES string of the molecule is O=C(Cc1ccc(C2C(c3ccc(CC(=O)[C@@H]4CCCN4)cc3)C2c2ccc(C3CCCCC3)cc2)cc1)[C@@H]1CCCN1. The lowest BCUT2D eigenvalue weighted by Crippen LogP contribution is -2.31. The number of benzene rings is 3. The molecule has 4 atom stereocenters. The van der Waals surface area contributed by atoms with Crippen LogP contribution in [0.15, 0.2) is 72.8 Å². The van der Waals surface area contributed by atoms with E-state index in [2.05, 4.69) is 83.4 Å². The Morgan fingerprint density at radius 3 is 1.28 bits per heavy atom. The summed E-state index contributed by atoms with van der Waals surface area (Å²) >= 11 is 0. The second kappa shape index (κ2) is 12.9. The lowest BCUT2D eigenvalue weighted by molar-refractivity contribution is -0.120. The van der Waals surface area contributed by atoms with Gasteiger partial charge in [0.15, 0.2) is 11.6 Å². The van der Waals surface area contributed by atoms with Crippen LogP contribution in [0.25, 0.3) is 0 Å². The van der Waals surface area contributed by atoms with Crippen LogP contribution in [0, 0.1) is 0 Å². The first-order chi connectivity index (χ1) is 21.1. The molecule has 2 N–H and O–H groups in total. The van der Waals surface area contributed by atoms with E-state index < -0.39 is 0 Å². The van der Waals surface area contributed by atoms with Gasteiger partial charge in [0.25, 0.3) is 0 Å². The van der Waals surface area contributed by atoms with Gasteiger partial charge in [-0.2, -0.15) is 0 Å². The zero-order chi connectivity index (χ0) is 29.2. The minimum Gasteiger partial charge on any atom is -0.307 e. The van der Waals surface area contributed by atoms with Crippen LogP contribution in [0.1, 0.15) is 115 Å². The van der Waals surface area contributed by atoms with Crippen molar-refractivity contribution in [1.82, 2.24) is 10.6 Å². The molecule has 0 bridgehead atoms. The summed E-state index contributed by atoms with van der Waals surface area (Å²) in [6.07, 6.45) is 11.9. The molecule has 0 aromatic heterocycles. The molecule has 0 amide bonds. The van der Waals surface area contributed by atoms with Crippen molar-refractivity contribution in [3.8, 4) is 0 Å². The van der Waals surface area contributed by atoms with Gasteiger partial charge in [0.05, 0.1) is 12.1 Å². The Kier molecular flexibility index (Phi) is 8.59. The average molecular weight is 575 g/mol. The van der Waals surface area contributed by atoms with E-state index in [4.69, 9.17) is 0 Å². The number of carbonyl (C=O) groups is 2. The van der Waals surface area contributed by atoms with Crippen molar-refractivity contribution >= 4 is 11.6 Å². The molecule has 3 aromatic carbocycles. The Morgan fingerprint density at radius 2 is 0.884 bits per heavy atom. The van der Waals surface area contributed by atoms with Gasteiger partial charge in [-0.05, 0) is 109 Å². The van der Waals surface area contributed by atoms with Crippen molar-refractivity contribution < 1.29 is 9.59 Å². The molecule has 224 valence electrons. The standard InChI is InChI=1S/C39H46N2O2/c42-35(33-8-4-22-40-33)24-26-10-14-30(15-11-26)37-38(31-16-12-27(13-17-31)25-36(43)34-9-5-23-41-34)39(37)32-20-18-29(19-21-32)28-6-2-1-3-7-28/h10-21,28,33-34,37-41H,1-9,22-25H2/t33-,34-,37?,38?,39?/m0/s1. The molecule has 2 aliphatic heterocycles. The molecule has 3 aromatic rings. The first kappa shape index (κ1) is 28.7. The van der Waals surface area contributed by atoms with Gasteiger partial charge in [0.1, 0.15) is 0 Å². The normalized spacial score (nSPS) is 27.3. The fraction of sp³-hybridized carbons (Fsp3) is 0.487. The van der Waals surface area contributed by atoms with Crippen LogP contribution in [0.5, 0.6) is 0 Å². The topological polar surface area (TPSA) is 58.2 Å². The van der Waals surface area contributed by atoms with Crippen molar-refractivity contribution in [2.75, 3.05) is 13.1 Å². The van der Waals surface area contributed by atoms with E-state index in [0.29, 0.717) is 42.2 Å². The molecule has 2 saturated carbocycles. The summed E-state index contributed by atoms with van der Waals surface area (Å²) < 4.78 is 0. The highest BCUT2D eigenvalue weighted by atomic mass is 16.1. The largest absolute Gasteiger partial charge is 0.307 e. The number of carbonyl (C=O) groups excluding carboxylic acids is 2. The predicted octanol–water partition coefficient (Wildman–Crippen LogP) is 7.13. The predicted molar refractivity (Wildman–Crippen MR) is 173 cm³/mol. The molecular weight excluding hydrogens is 528 g/mol. The Hall–Kier alpha value is -3.08. The maximum absolute atomic E-state index is 12.7. The van der Waals surface area contributed by atoms with E-state index in [1.54, 1.807) is 0 Å². The van der Waals surface area contributed by atoms with Gasteiger partial charge in [0, 0.05) is 12.8 Å². The number of rotatable bonds is 10. The highest BCUT2D eigenvalue weighted by molar-refractivity contribution is 5.86. The number of nitrogens with one attached hydrogen (secondary N) is 2. The van der Waals surface area contributed by atoms with Crippen LogP contribution < -0.4 is 10.6 Å². The van der Waals surface area contributed by atoms with E-state index in [1.165, 1.54) is 54.4 Å². The quantitative estimate of drug-likeness (QED) is 0.271. The van der Waals surface area contributed by atoms with E-state index in [1.807, 2.05) is 0 Å². The smallest absolute Gasteiger partial charge is 0.154 e. The molecule has 4 fully saturated rings. The highest BCUT2D eigenvalue weighted by Crippen LogP contribution is 2.66. The van der Waals surface area contributed by atoms with Gasteiger partial charge in [0.2, 0.25) is 0 Å². The number of Topliss-reactive ketones (excluding diaryl/α,β-unsaturated/α-hetero) is 2. The molecule has 0 radical (unpaired) electrons. The minimum atomic E-state index is 0.0288. The van der Waals surface area contributed by atoms with E-state index >= 15 is 0 Å². The molecular formula is C39H46N2O2. The number of hydrogen-bond donors (Lipinski definition) is 2. The van der Waals surface area contributed by atoms with Crippen molar-refractivity contribution in [2.45, 2.75) is 106 Å². The van der Waals surface area contributed by atoms with Crippen LogP contribution in [0.3, 0.4) is 0 Å². The molecule has 2 heterocycles. The van der Waals surface area contributed by atoms with Gasteiger partial charge in [-0.3, -0.25) is 9.59 Å². The van der Waals surface area contributed by atoms with Crippen LogP contribution in [-0.4, -0.2) is 36.7 Å². The average Bonchev–Trinajstić information content (AvgIpc) is 3.40. The summed E-state index contributed by atoms with van der Waals surface area (Å²) in [6, 6.07) is 27.4. The molecule has 7 rings (SSSR count). The Morgan fingerprint density at radius 1 is 0.488 bits per heavy atom. The van der Waals surface area contributed by atoms with Crippen molar-refractivity contribution in [3.63, 3.8) is 0 Å². The van der Waals surface area contributed by atoms with Crippen molar-refractivity contribution in [3.05, 3.63) is 106 Å². The third-order valence-corrected chi connectivity index (χ3v) is 10.8. The maximum Gasteiger partial charge on any atom is 0.154 e. The van der Waals surface area contributed by atoms with Crippen molar-refractivity contribution in [1.29, 1.82) is 0 Å². The summed E-state index contributed by atoms with van der Waals surface area (Å²) in [4.78, 5) is 25.5. The Bertz CT molecular complexity index is 1310. The second-order valence-corrected chi connectivity index (χ2v) is 13.6.